The molecule has 1 aliphatic heterocycles. The van der Waals surface area contributed by atoms with E-state index in [4.69, 9.17) is 5.14 Å². The van der Waals surface area contributed by atoms with Crippen molar-refractivity contribution < 1.29 is 18.0 Å². The number of urea groups is 1. The van der Waals surface area contributed by atoms with Crippen molar-refractivity contribution in [2.45, 2.75) is 67.8 Å². The second-order valence-corrected chi connectivity index (χ2v) is 12.0. The van der Waals surface area contributed by atoms with Crippen LogP contribution in [0.5, 0.6) is 0 Å². The molecule has 0 aromatic heterocycles. The van der Waals surface area contributed by atoms with Gasteiger partial charge in [-0.2, -0.15) is 0 Å². The van der Waals surface area contributed by atoms with Gasteiger partial charge in [-0.05, 0) is 93.4 Å². The van der Waals surface area contributed by atoms with E-state index in [1.54, 1.807) is 4.90 Å². The molecule has 0 spiro atoms. The summed E-state index contributed by atoms with van der Waals surface area (Å²) in [5.41, 5.74) is 0.432. The summed E-state index contributed by atoms with van der Waals surface area (Å²) in [6.07, 6.45) is 8.83. The van der Waals surface area contributed by atoms with E-state index < -0.39 is 10.0 Å². The molecule has 174 valence electrons. The molecule has 3 amide bonds. The highest BCUT2D eigenvalue weighted by Crippen LogP contribution is 2.55. The van der Waals surface area contributed by atoms with E-state index in [0.717, 1.165) is 37.0 Å². The van der Waals surface area contributed by atoms with E-state index >= 15 is 0 Å². The van der Waals surface area contributed by atoms with Crippen LogP contribution in [0, 0.1) is 17.8 Å². The van der Waals surface area contributed by atoms with Crippen molar-refractivity contribution in [1.29, 1.82) is 0 Å². The van der Waals surface area contributed by atoms with Crippen LogP contribution in [0.3, 0.4) is 0 Å². The first kappa shape index (κ1) is 21.7. The fraction of sp³-hybridized carbons (Fsp3) is 0.652. The largest absolute Gasteiger partial charge is 0.338 e. The Balaban J connectivity index is 1.12. The Kier molecular flexibility index (Phi) is 5.44. The van der Waals surface area contributed by atoms with Crippen molar-refractivity contribution in [1.82, 2.24) is 15.5 Å². The maximum atomic E-state index is 12.8. The van der Waals surface area contributed by atoms with Crippen LogP contribution in [-0.2, 0) is 10.0 Å². The third-order valence-electron chi connectivity index (χ3n) is 7.96. The molecule has 1 heterocycles. The van der Waals surface area contributed by atoms with Crippen LogP contribution in [0.2, 0.25) is 0 Å². The van der Waals surface area contributed by atoms with Crippen molar-refractivity contribution in [2.75, 3.05) is 13.1 Å². The normalized spacial score (nSPS) is 32.0. The minimum Gasteiger partial charge on any atom is -0.338 e. The highest BCUT2D eigenvalue weighted by atomic mass is 32.2. The van der Waals surface area contributed by atoms with Crippen LogP contribution in [0.1, 0.15) is 61.7 Å². The Morgan fingerprint density at radius 3 is 1.97 bits per heavy atom. The van der Waals surface area contributed by atoms with Crippen molar-refractivity contribution in [3.05, 3.63) is 29.8 Å². The second-order valence-electron chi connectivity index (χ2n) is 10.4. The maximum Gasteiger partial charge on any atom is 0.315 e. The summed E-state index contributed by atoms with van der Waals surface area (Å²) in [5, 5.41) is 11.6. The molecule has 4 bridgehead atoms. The van der Waals surface area contributed by atoms with Crippen molar-refractivity contribution in [3.8, 4) is 0 Å². The molecule has 8 nitrogen and oxygen atoms in total. The van der Waals surface area contributed by atoms with Crippen LogP contribution in [0.15, 0.2) is 29.2 Å². The van der Waals surface area contributed by atoms with Gasteiger partial charge in [0.25, 0.3) is 5.91 Å². The second kappa shape index (κ2) is 8.02. The molecule has 4 saturated carbocycles. The average Bonchev–Trinajstić information content (AvgIpc) is 2.72. The molecule has 0 radical (unpaired) electrons. The van der Waals surface area contributed by atoms with Gasteiger partial charge in [-0.25, -0.2) is 18.4 Å². The number of rotatable bonds is 4. The van der Waals surface area contributed by atoms with Crippen LogP contribution >= 0.6 is 0 Å². The van der Waals surface area contributed by atoms with Gasteiger partial charge in [-0.1, -0.05) is 0 Å². The van der Waals surface area contributed by atoms with Crippen molar-refractivity contribution in [3.63, 3.8) is 0 Å². The van der Waals surface area contributed by atoms with Gasteiger partial charge in [0.05, 0.1) is 4.90 Å². The zero-order valence-corrected chi connectivity index (χ0v) is 19.1. The molecule has 4 aliphatic carbocycles. The lowest BCUT2D eigenvalue weighted by Crippen LogP contribution is -2.62. The first-order valence-electron chi connectivity index (χ1n) is 11.7. The molecule has 0 atom stereocenters. The lowest BCUT2D eigenvalue weighted by Gasteiger charge is -2.56. The number of nitrogens with zero attached hydrogens (tertiary/aromatic N) is 1. The number of carbonyl (C=O) groups excluding carboxylic acids is 2. The number of nitrogens with two attached hydrogens (primary N) is 1. The highest BCUT2D eigenvalue weighted by Gasteiger charge is 2.51. The van der Waals surface area contributed by atoms with E-state index in [9.17, 15) is 18.0 Å². The molecule has 1 aromatic carbocycles. The van der Waals surface area contributed by atoms with Gasteiger partial charge in [0.15, 0.2) is 0 Å². The molecular formula is C23H32N4O4S. The van der Waals surface area contributed by atoms with Gasteiger partial charge in [0.2, 0.25) is 10.0 Å². The smallest absolute Gasteiger partial charge is 0.315 e. The number of nitrogens with one attached hydrogen (secondary N) is 2. The first-order valence-corrected chi connectivity index (χ1v) is 13.2. The minimum absolute atomic E-state index is 0.00132. The molecule has 32 heavy (non-hydrogen) atoms. The number of benzene rings is 1. The summed E-state index contributed by atoms with van der Waals surface area (Å²) in [5.74, 6) is 2.22. The Morgan fingerprint density at radius 2 is 1.47 bits per heavy atom. The average molecular weight is 461 g/mol. The van der Waals surface area contributed by atoms with Gasteiger partial charge in [-0.3, -0.25) is 4.79 Å². The first-order chi connectivity index (χ1) is 15.2. The number of likely N-dealkylation sites (tertiary alicyclic amines) is 1. The summed E-state index contributed by atoms with van der Waals surface area (Å²) in [6.45, 7) is 1.11. The van der Waals surface area contributed by atoms with Crippen LogP contribution in [0.25, 0.3) is 0 Å². The Bertz CT molecular complexity index is 964. The predicted molar refractivity (Wildman–Crippen MR) is 119 cm³/mol. The molecule has 6 rings (SSSR count). The molecule has 1 saturated heterocycles. The lowest BCUT2D eigenvalue weighted by molar-refractivity contribution is -0.0137. The number of piperidine rings is 1. The molecule has 1 aromatic rings. The number of carbonyl (C=O) groups is 2. The van der Waals surface area contributed by atoms with E-state index in [1.807, 2.05) is 0 Å². The number of hydrogen-bond donors (Lipinski definition) is 3. The number of sulfonamides is 1. The zero-order chi connectivity index (χ0) is 22.5. The standard InChI is InChI=1S/C23H32N4O4S/c24-32(30,31)20-3-1-18(2-4-20)21(28)27-7-5-19(6-8-27)25-22(29)26-23-12-15-9-16(13-23)11-17(10-15)14-23/h1-4,15-17,19H,5-14H2,(H2,24,30,31)(H2,25,26,29). The van der Waals surface area contributed by atoms with Crippen LogP contribution in [0.4, 0.5) is 4.79 Å². The van der Waals surface area contributed by atoms with Gasteiger partial charge >= 0.3 is 6.03 Å². The number of primary sulfonamides is 1. The van der Waals surface area contributed by atoms with Gasteiger partial charge in [0.1, 0.15) is 0 Å². The van der Waals surface area contributed by atoms with E-state index in [0.29, 0.717) is 31.5 Å². The fourth-order valence-electron chi connectivity index (χ4n) is 6.92. The summed E-state index contributed by atoms with van der Waals surface area (Å²) in [6, 6.07) is 5.68. The van der Waals surface area contributed by atoms with Crippen molar-refractivity contribution >= 4 is 22.0 Å². The topological polar surface area (TPSA) is 122 Å². The van der Waals surface area contributed by atoms with Gasteiger partial charge < -0.3 is 15.5 Å². The van der Waals surface area contributed by atoms with Gasteiger partial charge in [0, 0.05) is 30.2 Å². The molecule has 5 aliphatic rings. The van der Waals surface area contributed by atoms with Crippen molar-refractivity contribution in [2.24, 2.45) is 22.9 Å². The number of hydrogen-bond acceptors (Lipinski definition) is 4. The summed E-state index contributed by atoms with van der Waals surface area (Å²) in [4.78, 5) is 27.3. The maximum absolute atomic E-state index is 12.8. The highest BCUT2D eigenvalue weighted by molar-refractivity contribution is 7.89. The predicted octanol–water partition coefficient (Wildman–Crippen LogP) is 2.21. The lowest BCUT2D eigenvalue weighted by atomic mass is 9.53. The van der Waals surface area contributed by atoms with E-state index in [2.05, 4.69) is 10.6 Å². The Hall–Kier alpha value is -2.13. The molecule has 9 heteroatoms. The molecular weight excluding hydrogens is 428 g/mol. The van der Waals surface area contributed by atoms with E-state index in [1.165, 1.54) is 43.5 Å². The minimum atomic E-state index is -3.78. The van der Waals surface area contributed by atoms with E-state index in [-0.39, 0.29) is 28.4 Å². The third-order valence-corrected chi connectivity index (χ3v) is 8.89. The zero-order valence-electron chi connectivity index (χ0n) is 18.3. The Labute approximate surface area is 189 Å². The fourth-order valence-corrected chi connectivity index (χ4v) is 7.44. The SMILES string of the molecule is NS(=O)(=O)c1ccc(C(=O)N2CCC(NC(=O)NC34CC5CC(CC(C5)C3)C4)CC2)cc1. The molecule has 5 fully saturated rings. The Morgan fingerprint density at radius 1 is 0.938 bits per heavy atom. The quantitative estimate of drug-likeness (QED) is 0.638. The monoisotopic (exact) mass is 460 g/mol. The van der Waals surface area contributed by atoms with Crippen LogP contribution < -0.4 is 15.8 Å². The summed E-state index contributed by atoms with van der Waals surface area (Å²) >= 11 is 0. The molecule has 4 N–H and O–H groups in total. The van der Waals surface area contributed by atoms with Gasteiger partial charge in [-0.15, -0.1) is 0 Å². The third kappa shape index (κ3) is 4.37. The molecule has 0 unspecified atom stereocenters. The summed E-state index contributed by atoms with van der Waals surface area (Å²) in [7, 11) is -3.78. The number of amides is 3. The summed E-state index contributed by atoms with van der Waals surface area (Å²) < 4.78 is 22.8. The van der Waals surface area contributed by atoms with Crippen LogP contribution in [-0.4, -0.2) is 49.9 Å².